The normalized spacial score (nSPS) is 15.7. The van der Waals surface area contributed by atoms with Crippen LogP contribution < -0.4 is 5.32 Å². The zero-order valence-corrected chi connectivity index (χ0v) is 16.3. The highest BCUT2D eigenvalue weighted by Gasteiger charge is 2.20. The highest BCUT2D eigenvalue weighted by molar-refractivity contribution is 7.99. The van der Waals surface area contributed by atoms with Crippen LogP contribution in [0, 0.1) is 0 Å². The van der Waals surface area contributed by atoms with Gasteiger partial charge in [-0.3, -0.25) is 14.7 Å². The van der Waals surface area contributed by atoms with E-state index in [2.05, 4.69) is 21.3 Å². The molecule has 1 aliphatic heterocycles. The lowest BCUT2D eigenvalue weighted by Crippen LogP contribution is -2.44. The van der Waals surface area contributed by atoms with E-state index in [1.54, 1.807) is 11.8 Å². The van der Waals surface area contributed by atoms with Crippen LogP contribution in [0.25, 0.3) is 0 Å². The molecule has 0 atom stereocenters. The Hall–Kier alpha value is -1.56. The number of carbonyl (C=O) groups is 1. The van der Waals surface area contributed by atoms with E-state index in [1.165, 1.54) is 0 Å². The summed E-state index contributed by atoms with van der Waals surface area (Å²) in [7, 11) is 0. The number of rotatable bonds is 7. The van der Waals surface area contributed by atoms with Crippen LogP contribution in [0.15, 0.2) is 48.7 Å². The van der Waals surface area contributed by atoms with E-state index < -0.39 is 0 Å². The molecule has 3 rings (SSSR count). The Balaban J connectivity index is 1.33. The van der Waals surface area contributed by atoms with Crippen molar-refractivity contribution in [2.24, 2.45) is 0 Å². The number of nitrogens with one attached hydrogen (secondary N) is 1. The molecule has 1 saturated heterocycles. The second-order valence-corrected chi connectivity index (χ2v) is 7.98. The van der Waals surface area contributed by atoms with Crippen LogP contribution in [0.3, 0.4) is 0 Å². The smallest absolute Gasteiger partial charge is 0.230 e. The van der Waals surface area contributed by atoms with Gasteiger partial charge in [0.2, 0.25) is 5.91 Å². The molecule has 0 bridgehead atoms. The minimum absolute atomic E-state index is 0.125. The third-order valence-corrected chi connectivity index (χ3v) is 5.69. The van der Waals surface area contributed by atoms with Gasteiger partial charge in [-0.1, -0.05) is 29.8 Å². The minimum atomic E-state index is 0.125. The van der Waals surface area contributed by atoms with Gasteiger partial charge in [0.1, 0.15) is 0 Å². The number of aromatic nitrogens is 1. The molecule has 1 aliphatic rings. The lowest BCUT2D eigenvalue weighted by atomic mass is 10.0. The molecule has 1 fully saturated rings. The Kier molecular flexibility index (Phi) is 7.35. The van der Waals surface area contributed by atoms with E-state index in [1.807, 2.05) is 42.6 Å². The quantitative estimate of drug-likeness (QED) is 0.783. The van der Waals surface area contributed by atoms with Crippen molar-refractivity contribution in [3.05, 3.63) is 64.9 Å². The summed E-state index contributed by atoms with van der Waals surface area (Å²) in [6.07, 6.45) is 3.83. The van der Waals surface area contributed by atoms with Crippen LogP contribution in [-0.2, 0) is 17.1 Å². The third-order valence-electron chi connectivity index (χ3n) is 4.46. The maximum Gasteiger partial charge on any atom is 0.230 e. The molecule has 2 heterocycles. The Bertz CT molecular complexity index is 705. The van der Waals surface area contributed by atoms with Gasteiger partial charge in [0, 0.05) is 42.6 Å². The predicted octanol–water partition coefficient (Wildman–Crippen LogP) is 3.75. The monoisotopic (exact) mass is 389 g/mol. The summed E-state index contributed by atoms with van der Waals surface area (Å²) < 4.78 is 0. The molecule has 0 saturated carbocycles. The topological polar surface area (TPSA) is 45.2 Å². The van der Waals surface area contributed by atoms with Crippen molar-refractivity contribution in [2.45, 2.75) is 31.2 Å². The van der Waals surface area contributed by atoms with Crippen LogP contribution in [0.5, 0.6) is 0 Å². The Morgan fingerprint density at radius 2 is 2.08 bits per heavy atom. The van der Waals surface area contributed by atoms with Crippen molar-refractivity contribution in [1.29, 1.82) is 0 Å². The van der Waals surface area contributed by atoms with Gasteiger partial charge in [0.25, 0.3) is 0 Å². The highest BCUT2D eigenvalue weighted by atomic mass is 35.5. The first-order valence-electron chi connectivity index (χ1n) is 8.93. The molecule has 1 aromatic carbocycles. The molecule has 0 unspecified atom stereocenters. The molecule has 0 spiro atoms. The van der Waals surface area contributed by atoms with Crippen molar-refractivity contribution in [1.82, 2.24) is 15.2 Å². The second-order valence-electron chi connectivity index (χ2n) is 6.56. The number of carbonyl (C=O) groups excluding carboxylic acids is 1. The molecule has 26 heavy (non-hydrogen) atoms. The van der Waals surface area contributed by atoms with Gasteiger partial charge in [-0.25, -0.2) is 0 Å². The molecule has 2 aromatic rings. The van der Waals surface area contributed by atoms with Crippen LogP contribution in [0.1, 0.15) is 24.1 Å². The number of benzene rings is 1. The van der Waals surface area contributed by atoms with Crippen molar-refractivity contribution in [2.75, 3.05) is 18.8 Å². The maximum absolute atomic E-state index is 12.2. The standard InChI is InChI=1S/C20H24ClN3OS/c21-17-5-3-4-16(12-17)14-26-15-20(25)23-18-7-10-24(11-8-18)13-19-6-1-2-9-22-19/h1-6,9,12,18H,7-8,10-11,13-15H2,(H,23,25). The molecule has 1 aromatic heterocycles. The maximum atomic E-state index is 12.2. The summed E-state index contributed by atoms with van der Waals surface area (Å²) in [4.78, 5) is 18.9. The number of halogens is 1. The summed E-state index contributed by atoms with van der Waals surface area (Å²) in [6, 6.07) is 14.1. The molecule has 6 heteroatoms. The van der Waals surface area contributed by atoms with Crippen LogP contribution in [0.4, 0.5) is 0 Å². The van der Waals surface area contributed by atoms with Crippen LogP contribution in [-0.4, -0.2) is 40.7 Å². The molecule has 4 nitrogen and oxygen atoms in total. The number of nitrogens with zero attached hydrogens (tertiary/aromatic N) is 2. The Morgan fingerprint density at radius 1 is 1.23 bits per heavy atom. The summed E-state index contributed by atoms with van der Waals surface area (Å²) in [5, 5.41) is 3.91. The number of hydrogen-bond donors (Lipinski definition) is 1. The number of thioether (sulfide) groups is 1. The number of hydrogen-bond acceptors (Lipinski definition) is 4. The number of likely N-dealkylation sites (tertiary alicyclic amines) is 1. The van der Waals surface area contributed by atoms with Crippen LogP contribution in [0.2, 0.25) is 5.02 Å². The summed E-state index contributed by atoms with van der Waals surface area (Å²) in [5.74, 6) is 1.41. The average Bonchev–Trinajstić information content (AvgIpc) is 2.64. The second kappa shape index (κ2) is 9.95. The first-order chi connectivity index (χ1) is 12.7. The van der Waals surface area contributed by atoms with E-state index in [-0.39, 0.29) is 11.9 Å². The number of pyridine rings is 1. The Morgan fingerprint density at radius 3 is 2.81 bits per heavy atom. The van der Waals surface area contributed by atoms with Gasteiger partial charge in [0.05, 0.1) is 11.4 Å². The molecule has 138 valence electrons. The van der Waals surface area contributed by atoms with Gasteiger partial charge in [-0.05, 0) is 42.7 Å². The van der Waals surface area contributed by atoms with Crippen molar-refractivity contribution in [3.8, 4) is 0 Å². The lowest BCUT2D eigenvalue weighted by Gasteiger charge is -2.32. The largest absolute Gasteiger partial charge is 0.353 e. The van der Waals surface area contributed by atoms with Crippen LogP contribution >= 0.6 is 23.4 Å². The summed E-state index contributed by atoms with van der Waals surface area (Å²) in [6.45, 7) is 2.88. The molecular formula is C20H24ClN3OS. The van der Waals surface area contributed by atoms with Gasteiger partial charge >= 0.3 is 0 Å². The van der Waals surface area contributed by atoms with Crippen molar-refractivity contribution >= 4 is 29.3 Å². The fourth-order valence-corrected chi connectivity index (χ4v) is 4.11. The fraction of sp³-hybridized carbons (Fsp3) is 0.400. The van der Waals surface area contributed by atoms with Gasteiger partial charge < -0.3 is 5.32 Å². The fourth-order valence-electron chi connectivity index (χ4n) is 3.11. The zero-order chi connectivity index (χ0) is 18.2. The van der Waals surface area contributed by atoms with Gasteiger partial charge in [0.15, 0.2) is 0 Å². The summed E-state index contributed by atoms with van der Waals surface area (Å²) in [5.41, 5.74) is 2.26. The molecule has 0 aliphatic carbocycles. The SMILES string of the molecule is O=C(CSCc1cccc(Cl)c1)NC1CCN(Cc2ccccn2)CC1. The van der Waals surface area contributed by atoms with E-state index >= 15 is 0 Å². The predicted molar refractivity (Wildman–Crippen MR) is 108 cm³/mol. The van der Waals surface area contributed by atoms with E-state index in [9.17, 15) is 4.79 Å². The minimum Gasteiger partial charge on any atom is -0.353 e. The molecular weight excluding hydrogens is 366 g/mol. The van der Waals surface area contributed by atoms with E-state index in [0.29, 0.717) is 5.75 Å². The van der Waals surface area contributed by atoms with Gasteiger partial charge in [-0.2, -0.15) is 0 Å². The van der Waals surface area contributed by atoms with Crippen molar-refractivity contribution in [3.63, 3.8) is 0 Å². The van der Waals surface area contributed by atoms with Crippen molar-refractivity contribution < 1.29 is 4.79 Å². The lowest BCUT2D eigenvalue weighted by molar-refractivity contribution is -0.119. The number of amides is 1. The molecule has 0 radical (unpaired) electrons. The molecule has 1 amide bonds. The van der Waals surface area contributed by atoms with Gasteiger partial charge in [-0.15, -0.1) is 11.8 Å². The Labute approximate surface area is 164 Å². The third kappa shape index (κ3) is 6.31. The number of piperidine rings is 1. The molecule has 1 N–H and O–H groups in total. The first-order valence-corrected chi connectivity index (χ1v) is 10.5. The average molecular weight is 390 g/mol. The van der Waals surface area contributed by atoms with E-state index in [4.69, 9.17) is 11.6 Å². The highest BCUT2D eigenvalue weighted by Crippen LogP contribution is 2.17. The van der Waals surface area contributed by atoms with E-state index in [0.717, 1.165) is 54.5 Å². The summed E-state index contributed by atoms with van der Waals surface area (Å²) >= 11 is 7.61. The zero-order valence-electron chi connectivity index (χ0n) is 14.7. The first kappa shape index (κ1) is 19.2.